The molecule has 0 fully saturated rings. The van der Waals surface area contributed by atoms with E-state index in [0.29, 0.717) is 16.8 Å². The predicted octanol–water partition coefficient (Wildman–Crippen LogP) is 6.05. The molecule has 0 spiro atoms. The number of amides is 2. The second kappa shape index (κ2) is 11.5. The van der Waals surface area contributed by atoms with Gasteiger partial charge in [-0.15, -0.1) is 0 Å². The van der Waals surface area contributed by atoms with Gasteiger partial charge in [-0.05, 0) is 58.7 Å². The number of esters is 1. The number of ether oxygens (including phenoxy) is 1. The van der Waals surface area contributed by atoms with E-state index >= 15 is 0 Å². The molecule has 0 aliphatic carbocycles. The molecule has 4 aromatic rings. The summed E-state index contributed by atoms with van der Waals surface area (Å²) in [6.07, 6.45) is 0.0350. The zero-order chi connectivity index (χ0) is 27.2. The molecule has 0 saturated heterocycles. The van der Waals surface area contributed by atoms with E-state index in [9.17, 15) is 24.5 Å². The maximum absolute atomic E-state index is 13.2. The van der Waals surface area contributed by atoms with Crippen LogP contribution in [0, 0.1) is 17.0 Å². The fraction of sp³-hybridized carbons (Fsp3) is 0.0741. The van der Waals surface area contributed by atoms with Crippen molar-refractivity contribution in [2.45, 2.75) is 13.0 Å². The number of halogens is 1. The Morgan fingerprint density at radius 3 is 2.37 bits per heavy atom. The molecule has 10 nitrogen and oxygen atoms in total. The molecule has 3 aromatic carbocycles. The number of nitrogens with zero attached hydrogens (tertiary/aromatic N) is 1. The van der Waals surface area contributed by atoms with E-state index in [1.54, 1.807) is 49.4 Å². The SMILES string of the molecule is Cc1ccc(C(=O)OC(C(=O)Nc2ccc([N+](=O)[O-])cc2Br)c2ccccc2)cc1NC(=O)c1ccco1. The Labute approximate surface area is 224 Å². The number of carbonyl (C=O) groups is 3. The van der Waals surface area contributed by atoms with Crippen molar-refractivity contribution in [3.63, 3.8) is 0 Å². The quantitative estimate of drug-likeness (QED) is 0.147. The van der Waals surface area contributed by atoms with Crippen LogP contribution >= 0.6 is 15.9 Å². The summed E-state index contributed by atoms with van der Waals surface area (Å²) in [6, 6.07) is 20.0. The minimum absolute atomic E-state index is 0.107. The van der Waals surface area contributed by atoms with E-state index in [1.165, 1.54) is 42.7 Å². The third-order valence-corrected chi connectivity index (χ3v) is 6.11. The van der Waals surface area contributed by atoms with Crippen LogP contribution in [-0.2, 0) is 9.53 Å². The van der Waals surface area contributed by atoms with Crippen molar-refractivity contribution in [3.8, 4) is 0 Å². The van der Waals surface area contributed by atoms with Crippen LogP contribution in [0.2, 0.25) is 0 Å². The third-order valence-electron chi connectivity index (χ3n) is 5.45. The molecule has 0 radical (unpaired) electrons. The molecule has 192 valence electrons. The number of hydrogen-bond donors (Lipinski definition) is 2. The first kappa shape index (κ1) is 26.3. The standard InChI is InChI=1S/C27H20BrN3O7/c1-16-9-10-18(14-22(16)30-25(32)23-8-5-13-37-23)27(34)38-24(17-6-3-2-4-7-17)26(33)29-21-12-11-19(31(35)36)15-20(21)28/h2-15,24H,1H3,(H,29,33)(H,30,32). The van der Waals surface area contributed by atoms with Crippen molar-refractivity contribution in [1.29, 1.82) is 0 Å². The zero-order valence-corrected chi connectivity index (χ0v) is 21.4. The van der Waals surface area contributed by atoms with E-state index in [4.69, 9.17) is 9.15 Å². The summed E-state index contributed by atoms with van der Waals surface area (Å²) in [7, 11) is 0. The normalized spacial score (nSPS) is 11.3. The van der Waals surface area contributed by atoms with Gasteiger partial charge in [0, 0.05) is 27.9 Å². The van der Waals surface area contributed by atoms with Crippen LogP contribution in [0.15, 0.2) is 94.0 Å². The molecule has 11 heteroatoms. The number of anilines is 2. The highest BCUT2D eigenvalue weighted by Crippen LogP contribution is 2.29. The molecule has 1 unspecified atom stereocenters. The largest absolute Gasteiger partial charge is 0.459 e. The average molecular weight is 578 g/mol. The van der Waals surface area contributed by atoms with Crippen LogP contribution in [0.25, 0.3) is 0 Å². The lowest BCUT2D eigenvalue weighted by atomic mass is 10.1. The van der Waals surface area contributed by atoms with Crippen molar-refractivity contribution < 1.29 is 28.5 Å². The van der Waals surface area contributed by atoms with Crippen molar-refractivity contribution >= 4 is 50.8 Å². The van der Waals surface area contributed by atoms with Crippen molar-refractivity contribution in [3.05, 3.63) is 122 Å². The Kier molecular flexibility index (Phi) is 7.97. The van der Waals surface area contributed by atoms with E-state index in [-0.39, 0.29) is 27.2 Å². The molecule has 0 aliphatic heterocycles. The minimum Gasteiger partial charge on any atom is -0.459 e. The molecule has 1 aromatic heterocycles. The Morgan fingerprint density at radius 2 is 1.71 bits per heavy atom. The average Bonchev–Trinajstić information content (AvgIpc) is 3.45. The fourth-order valence-corrected chi connectivity index (χ4v) is 3.93. The van der Waals surface area contributed by atoms with E-state index in [0.717, 1.165) is 0 Å². The lowest BCUT2D eigenvalue weighted by molar-refractivity contribution is -0.384. The number of non-ortho nitro benzene ring substituents is 1. The molecule has 1 heterocycles. The number of hydrogen-bond acceptors (Lipinski definition) is 7. The molecule has 1 atom stereocenters. The van der Waals surface area contributed by atoms with Gasteiger partial charge >= 0.3 is 5.97 Å². The Balaban J connectivity index is 1.56. The van der Waals surface area contributed by atoms with Gasteiger partial charge in [0.25, 0.3) is 17.5 Å². The lowest BCUT2D eigenvalue weighted by Gasteiger charge is -2.19. The number of rotatable bonds is 8. The monoisotopic (exact) mass is 577 g/mol. The smallest absolute Gasteiger partial charge is 0.339 e. The van der Waals surface area contributed by atoms with Gasteiger partial charge in [0.1, 0.15) is 0 Å². The Bertz CT molecular complexity index is 1500. The molecular formula is C27H20BrN3O7. The lowest BCUT2D eigenvalue weighted by Crippen LogP contribution is -2.26. The zero-order valence-electron chi connectivity index (χ0n) is 19.8. The highest BCUT2D eigenvalue weighted by molar-refractivity contribution is 9.10. The van der Waals surface area contributed by atoms with Gasteiger partial charge in [-0.1, -0.05) is 36.4 Å². The molecule has 0 aliphatic rings. The predicted molar refractivity (Wildman–Crippen MR) is 142 cm³/mol. The number of furan rings is 1. The Hall–Kier alpha value is -4.77. The summed E-state index contributed by atoms with van der Waals surface area (Å²) >= 11 is 3.22. The topological polar surface area (TPSA) is 141 Å². The van der Waals surface area contributed by atoms with Crippen molar-refractivity contribution in [2.24, 2.45) is 0 Å². The number of benzene rings is 3. The van der Waals surface area contributed by atoms with E-state index < -0.39 is 28.8 Å². The molecule has 0 saturated carbocycles. The van der Waals surface area contributed by atoms with Gasteiger partial charge in [0.05, 0.1) is 22.4 Å². The summed E-state index contributed by atoms with van der Waals surface area (Å²) in [4.78, 5) is 49.2. The number of nitro groups is 1. The number of aryl methyl sites for hydroxylation is 1. The minimum atomic E-state index is -1.34. The van der Waals surface area contributed by atoms with Crippen LogP contribution in [0.3, 0.4) is 0 Å². The van der Waals surface area contributed by atoms with Gasteiger partial charge in [-0.2, -0.15) is 0 Å². The van der Waals surface area contributed by atoms with E-state index in [1.807, 2.05) is 0 Å². The van der Waals surface area contributed by atoms with Crippen molar-refractivity contribution in [2.75, 3.05) is 10.6 Å². The van der Waals surface area contributed by atoms with Gasteiger partial charge in [-0.3, -0.25) is 19.7 Å². The fourth-order valence-electron chi connectivity index (χ4n) is 3.47. The van der Waals surface area contributed by atoms with Gasteiger partial charge in [0.2, 0.25) is 6.10 Å². The van der Waals surface area contributed by atoms with Crippen LogP contribution in [0.1, 0.15) is 38.1 Å². The molecule has 38 heavy (non-hydrogen) atoms. The van der Waals surface area contributed by atoms with Gasteiger partial charge in [-0.25, -0.2) is 4.79 Å². The first-order valence-electron chi connectivity index (χ1n) is 11.2. The first-order valence-corrected chi connectivity index (χ1v) is 12.0. The first-order chi connectivity index (χ1) is 18.2. The Morgan fingerprint density at radius 1 is 0.947 bits per heavy atom. The molecular weight excluding hydrogens is 558 g/mol. The number of carbonyl (C=O) groups excluding carboxylic acids is 3. The molecule has 4 rings (SSSR count). The summed E-state index contributed by atoms with van der Waals surface area (Å²) in [5.41, 5.74) is 1.69. The summed E-state index contributed by atoms with van der Waals surface area (Å²) in [6.45, 7) is 1.76. The van der Waals surface area contributed by atoms with Crippen LogP contribution < -0.4 is 10.6 Å². The van der Waals surface area contributed by atoms with Gasteiger partial charge in [0.15, 0.2) is 5.76 Å². The maximum atomic E-state index is 13.2. The van der Waals surface area contributed by atoms with Crippen LogP contribution in [-0.4, -0.2) is 22.7 Å². The van der Waals surface area contributed by atoms with Gasteiger partial charge < -0.3 is 19.8 Å². The molecule has 2 N–H and O–H groups in total. The third kappa shape index (κ3) is 6.13. The second-order valence-corrected chi connectivity index (χ2v) is 8.92. The molecule has 0 bridgehead atoms. The summed E-state index contributed by atoms with van der Waals surface area (Å²) in [5.74, 6) is -1.85. The second-order valence-electron chi connectivity index (χ2n) is 8.07. The van der Waals surface area contributed by atoms with E-state index in [2.05, 4.69) is 26.6 Å². The summed E-state index contributed by atoms with van der Waals surface area (Å²) < 4.78 is 11.0. The maximum Gasteiger partial charge on any atom is 0.339 e. The number of nitrogens with one attached hydrogen (secondary N) is 2. The highest BCUT2D eigenvalue weighted by Gasteiger charge is 2.27. The molecule has 2 amide bonds. The van der Waals surface area contributed by atoms with Crippen molar-refractivity contribution in [1.82, 2.24) is 0 Å². The highest BCUT2D eigenvalue weighted by atomic mass is 79.9. The van der Waals surface area contributed by atoms with Crippen LogP contribution in [0.5, 0.6) is 0 Å². The number of nitro benzene ring substituents is 1. The van der Waals surface area contributed by atoms with Crippen LogP contribution in [0.4, 0.5) is 17.1 Å². The summed E-state index contributed by atoms with van der Waals surface area (Å²) in [5, 5.41) is 16.3.